The van der Waals surface area contributed by atoms with Crippen LogP contribution in [0.25, 0.3) is 0 Å². The van der Waals surface area contributed by atoms with Gasteiger partial charge in [0.15, 0.2) is 0 Å². The summed E-state index contributed by atoms with van der Waals surface area (Å²) in [7, 11) is 1.28. The minimum Gasteiger partial charge on any atom is -0.451 e. The van der Waals surface area contributed by atoms with Gasteiger partial charge >= 0.3 is 12.1 Å². The summed E-state index contributed by atoms with van der Waals surface area (Å²) in [5, 5.41) is 2.41. The van der Waals surface area contributed by atoms with Crippen LogP contribution in [-0.2, 0) is 14.3 Å². The molecule has 2 unspecified atom stereocenters. The predicted octanol–water partition coefficient (Wildman–Crippen LogP) is 4.10. The van der Waals surface area contributed by atoms with Crippen LogP contribution in [0, 0.1) is 17.7 Å². The van der Waals surface area contributed by atoms with Crippen LogP contribution >= 0.6 is 0 Å². The van der Waals surface area contributed by atoms with Crippen molar-refractivity contribution < 1.29 is 28.3 Å². The van der Waals surface area contributed by atoms with E-state index in [1.54, 1.807) is 24.0 Å². The van der Waals surface area contributed by atoms with Crippen LogP contribution in [0.4, 0.5) is 14.0 Å². The number of nitrogens with zero attached hydrogens (tertiary/aromatic N) is 3. The zero-order valence-electron chi connectivity index (χ0n) is 20.9. The lowest BCUT2D eigenvalue weighted by Gasteiger charge is -2.39. The number of urea groups is 1. The van der Waals surface area contributed by atoms with Crippen molar-refractivity contribution in [3.05, 3.63) is 35.6 Å². The molecule has 0 aromatic heterocycles. The van der Waals surface area contributed by atoms with Gasteiger partial charge in [0, 0.05) is 45.3 Å². The smallest absolute Gasteiger partial charge is 0.433 e. The molecule has 2 aliphatic rings. The van der Waals surface area contributed by atoms with Gasteiger partial charge in [0.25, 0.3) is 0 Å². The van der Waals surface area contributed by atoms with Crippen molar-refractivity contribution in [2.45, 2.75) is 51.6 Å². The molecule has 1 aromatic rings. The Morgan fingerprint density at radius 3 is 2.83 bits per heavy atom. The molecule has 9 nitrogen and oxygen atoms in total. The largest absolute Gasteiger partial charge is 0.451 e. The SMILES string of the molecule is CCN(O[C@@H](c1cccc(F)c1)C1CCCN(C(=O)N(N)CCCC2CCCOC2)C1)C(=O)OC. The molecule has 0 bridgehead atoms. The molecule has 2 saturated heterocycles. The van der Waals surface area contributed by atoms with E-state index in [-0.39, 0.29) is 18.5 Å². The maximum atomic E-state index is 14.0. The lowest BCUT2D eigenvalue weighted by Crippen LogP contribution is -2.51. The highest BCUT2D eigenvalue weighted by Gasteiger charge is 2.35. The Labute approximate surface area is 207 Å². The maximum absolute atomic E-state index is 14.0. The Kier molecular flexibility index (Phi) is 10.6. The normalized spacial score (nSPS) is 21.3. The van der Waals surface area contributed by atoms with E-state index in [1.807, 2.05) is 0 Å². The number of benzene rings is 1. The van der Waals surface area contributed by atoms with E-state index in [0.29, 0.717) is 31.1 Å². The first-order valence-corrected chi connectivity index (χ1v) is 12.6. The first-order valence-electron chi connectivity index (χ1n) is 12.6. The number of nitrogens with two attached hydrogens (primary N) is 1. The van der Waals surface area contributed by atoms with Gasteiger partial charge in [-0.05, 0) is 69.1 Å². The van der Waals surface area contributed by atoms with Gasteiger partial charge in [0.2, 0.25) is 0 Å². The summed E-state index contributed by atoms with van der Waals surface area (Å²) in [6.45, 7) is 5.11. The number of halogens is 1. The molecule has 196 valence electrons. The van der Waals surface area contributed by atoms with Crippen LogP contribution in [0.5, 0.6) is 0 Å². The predicted molar refractivity (Wildman–Crippen MR) is 128 cm³/mol. The molecule has 3 amide bonds. The second-order valence-corrected chi connectivity index (χ2v) is 9.30. The number of hydrogen-bond donors (Lipinski definition) is 1. The fourth-order valence-electron chi connectivity index (χ4n) is 4.88. The number of amides is 3. The molecule has 2 aliphatic heterocycles. The number of methoxy groups -OCH3 is 1. The number of rotatable bonds is 9. The summed E-state index contributed by atoms with van der Waals surface area (Å²) in [4.78, 5) is 33.0. The van der Waals surface area contributed by atoms with E-state index in [0.717, 1.165) is 56.8 Å². The van der Waals surface area contributed by atoms with Crippen LogP contribution in [0.1, 0.15) is 57.1 Å². The van der Waals surface area contributed by atoms with Gasteiger partial charge < -0.3 is 14.4 Å². The Morgan fingerprint density at radius 1 is 1.31 bits per heavy atom. The van der Waals surface area contributed by atoms with E-state index in [1.165, 1.54) is 24.3 Å². The van der Waals surface area contributed by atoms with E-state index >= 15 is 0 Å². The molecular weight excluding hydrogens is 455 g/mol. The molecule has 2 heterocycles. The molecule has 10 heteroatoms. The molecule has 3 rings (SSSR count). The molecule has 1 aromatic carbocycles. The second-order valence-electron chi connectivity index (χ2n) is 9.30. The summed E-state index contributed by atoms with van der Waals surface area (Å²) in [5.41, 5.74) is 0.603. The van der Waals surface area contributed by atoms with Gasteiger partial charge in [0.1, 0.15) is 11.9 Å². The third kappa shape index (κ3) is 7.78. The summed E-state index contributed by atoms with van der Waals surface area (Å²) in [6, 6.07) is 5.92. The monoisotopic (exact) mass is 494 g/mol. The lowest BCUT2D eigenvalue weighted by molar-refractivity contribution is -0.193. The fourth-order valence-corrected chi connectivity index (χ4v) is 4.88. The standard InChI is InChI=1S/C25H39FN4O5/c1-3-30(25(32)33-2)35-23(20-10-4-12-22(26)16-20)21-11-6-13-28(17-21)24(31)29(27)14-5-8-19-9-7-15-34-18-19/h4,10,12,16,19,21,23H,3,5-9,11,13-15,17-18,27H2,1-2H3/t19?,21?,23-/m0/s1. The number of likely N-dealkylation sites (tertiary alicyclic amines) is 1. The minimum atomic E-state index is -0.630. The van der Waals surface area contributed by atoms with Gasteiger partial charge in [-0.2, -0.15) is 5.06 Å². The highest BCUT2D eigenvalue weighted by molar-refractivity contribution is 5.73. The molecular formula is C25H39FN4O5. The van der Waals surface area contributed by atoms with Crippen molar-refractivity contribution in [1.29, 1.82) is 0 Å². The van der Waals surface area contributed by atoms with Crippen LogP contribution in [0.2, 0.25) is 0 Å². The van der Waals surface area contributed by atoms with Crippen LogP contribution in [0.15, 0.2) is 24.3 Å². The minimum absolute atomic E-state index is 0.152. The molecule has 2 fully saturated rings. The van der Waals surface area contributed by atoms with Gasteiger partial charge in [0.05, 0.1) is 7.11 Å². The first kappa shape index (κ1) is 27.2. The number of ether oxygens (including phenoxy) is 2. The number of piperidine rings is 1. The Morgan fingerprint density at radius 2 is 2.14 bits per heavy atom. The maximum Gasteiger partial charge on any atom is 0.433 e. The van der Waals surface area contributed by atoms with Crippen molar-refractivity contribution in [3.8, 4) is 0 Å². The van der Waals surface area contributed by atoms with Crippen molar-refractivity contribution in [2.24, 2.45) is 17.7 Å². The Hall–Kier alpha value is -2.43. The van der Waals surface area contributed by atoms with E-state index in [9.17, 15) is 14.0 Å². The number of carbonyl (C=O) groups excluding carboxylic acids is 2. The highest BCUT2D eigenvalue weighted by atomic mass is 19.1. The van der Waals surface area contributed by atoms with E-state index in [4.69, 9.17) is 20.2 Å². The fraction of sp³-hybridized carbons (Fsp3) is 0.680. The van der Waals surface area contributed by atoms with Crippen molar-refractivity contribution in [3.63, 3.8) is 0 Å². The van der Waals surface area contributed by atoms with Crippen molar-refractivity contribution in [1.82, 2.24) is 15.0 Å². The zero-order chi connectivity index (χ0) is 25.2. The number of hydroxylamine groups is 2. The number of carbonyl (C=O) groups is 2. The average molecular weight is 495 g/mol. The molecule has 3 atom stereocenters. The number of hydrazine groups is 1. The number of hydrogen-bond acceptors (Lipinski definition) is 6. The Balaban J connectivity index is 1.64. The third-order valence-corrected chi connectivity index (χ3v) is 6.75. The zero-order valence-corrected chi connectivity index (χ0v) is 20.9. The summed E-state index contributed by atoms with van der Waals surface area (Å²) >= 11 is 0. The van der Waals surface area contributed by atoms with Crippen molar-refractivity contribution in [2.75, 3.05) is 46.5 Å². The van der Waals surface area contributed by atoms with Gasteiger partial charge in [-0.1, -0.05) is 12.1 Å². The van der Waals surface area contributed by atoms with Crippen LogP contribution in [-0.4, -0.2) is 73.6 Å². The second kappa shape index (κ2) is 13.6. The Bertz CT molecular complexity index is 823. The highest BCUT2D eigenvalue weighted by Crippen LogP contribution is 2.34. The third-order valence-electron chi connectivity index (χ3n) is 6.75. The molecule has 0 radical (unpaired) electrons. The summed E-state index contributed by atoms with van der Waals surface area (Å²) < 4.78 is 24.4. The van der Waals surface area contributed by atoms with Crippen molar-refractivity contribution >= 4 is 12.1 Å². The van der Waals surface area contributed by atoms with Crippen LogP contribution in [0.3, 0.4) is 0 Å². The molecule has 0 spiro atoms. The quantitative estimate of drug-likeness (QED) is 0.315. The van der Waals surface area contributed by atoms with Gasteiger partial charge in [-0.15, -0.1) is 0 Å². The van der Waals surface area contributed by atoms with Crippen LogP contribution < -0.4 is 5.84 Å². The molecule has 35 heavy (non-hydrogen) atoms. The molecule has 0 saturated carbocycles. The van der Waals surface area contributed by atoms with E-state index in [2.05, 4.69) is 0 Å². The lowest BCUT2D eigenvalue weighted by atomic mass is 9.88. The summed E-state index contributed by atoms with van der Waals surface area (Å²) in [5.74, 6) is 6.13. The summed E-state index contributed by atoms with van der Waals surface area (Å²) in [6.07, 6.45) is 4.32. The van der Waals surface area contributed by atoms with Gasteiger partial charge in [-0.3, -0.25) is 9.85 Å². The molecule has 2 N–H and O–H groups in total. The first-order chi connectivity index (χ1) is 16.9. The molecule has 0 aliphatic carbocycles. The van der Waals surface area contributed by atoms with E-state index < -0.39 is 18.0 Å². The van der Waals surface area contributed by atoms with Gasteiger partial charge in [-0.25, -0.2) is 19.8 Å². The average Bonchev–Trinajstić information content (AvgIpc) is 2.89. The topological polar surface area (TPSA) is 97.6 Å².